The van der Waals surface area contributed by atoms with Crippen molar-refractivity contribution in [1.82, 2.24) is 41.0 Å². The highest BCUT2D eigenvalue weighted by Gasteiger charge is 2.45. The molecule has 2 aromatic heterocycles. The molecule has 0 bridgehead atoms. The molecular weight excluding hydrogens is 973 g/mol. The number of rotatable bonds is 22. The van der Waals surface area contributed by atoms with Gasteiger partial charge in [0.1, 0.15) is 24.2 Å². The van der Waals surface area contributed by atoms with Crippen LogP contribution in [0.15, 0.2) is 59.6 Å². The summed E-state index contributed by atoms with van der Waals surface area (Å²) < 4.78 is 6.37. The molecule has 6 rings (SSSR count). The molecule has 5 N–H and O–H groups in total. The molecule has 2 saturated heterocycles. The summed E-state index contributed by atoms with van der Waals surface area (Å²) >= 11 is 4.56. The molecule has 1 unspecified atom stereocenters. The van der Waals surface area contributed by atoms with E-state index in [1.54, 1.807) is 28.2 Å². The third-order valence-electron chi connectivity index (χ3n) is 13.1. The van der Waals surface area contributed by atoms with Crippen LogP contribution in [0.25, 0.3) is 20.9 Å². The van der Waals surface area contributed by atoms with E-state index in [0.717, 1.165) is 43.4 Å². The molecule has 2 aliphatic heterocycles. The van der Waals surface area contributed by atoms with Gasteiger partial charge in [-0.15, -0.1) is 22.7 Å². The van der Waals surface area contributed by atoms with Gasteiger partial charge in [0.25, 0.3) is 0 Å². The highest BCUT2D eigenvalue weighted by atomic mass is 32.2. The number of aliphatic hydroxyl groups excluding tert-OH is 1. The Balaban J connectivity index is 1.06. The van der Waals surface area contributed by atoms with Gasteiger partial charge < -0.3 is 40.9 Å². The Morgan fingerprint density at radius 2 is 1.29 bits per heavy atom. The number of β-amino-alcohol motifs (C(OH)–C–C–N with tert-alkyl or cyclic N) is 1. The summed E-state index contributed by atoms with van der Waals surface area (Å²) in [6.07, 6.45) is 1.67. The van der Waals surface area contributed by atoms with Crippen LogP contribution in [0, 0.1) is 31.1 Å². The predicted octanol–water partition coefficient (Wildman–Crippen LogP) is 6.27. The number of carbonyl (C=O) groups excluding carboxylic acids is 6. The summed E-state index contributed by atoms with van der Waals surface area (Å²) in [6.45, 7) is 16.0. The maximum Gasteiger partial charge on any atom is 0.246 e. The molecular formula is C53H72N8O8S3. The number of amides is 6. The minimum atomic E-state index is -1.00. The van der Waals surface area contributed by atoms with Gasteiger partial charge in [0.15, 0.2) is 0 Å². The molecule has 6 amide bonds. The molecule has 2 aliphatic rings. The van der Waals surface area contributed by atoms with Crippen LogP contribution in [0.2, 0.25) is 0 Å². The standard InChI is InChI=1S/C53H72N8O8S3/c1-31(2)10-19-44(63)58-41(28-70-9)51(67)61-26-40(22-43(61)50(66)55-24-36-13-17-38(18-14-36)47-34(5)57-30-72-47)69-27-32(3)20-45(64)59-48(53(6,7)8)52(68)60-25-39(62)21-42(60)49(65)54-23-35-11-15-37(16-12-35)46-33(4)56-29-71-46/h11-18,29-32,39-43,48,62H,10,19-28H2,1-9H3,(H,54,65)(H,55,66)(H,58,63)(H,59,64)/t32?,39-,40-,41+,42+,43+,48-/m1/s1. The number of aryl methyl sites for hydroxylation is 2. The van der Waals surface area contributed by atoms with Gasteiger partial charge in [0, 0.05) is 57.6 Å². The van der Waals surface area contributed by atoms with E-state index in [1.165, 1.54) is 21.6 Å². The van der Waals surface area contributed by atoms with Gasteiger partial charge in [-0.2, -0.15) is 11.8 Å². The van der Waals surface area contributed by atoms with Gasteiger partial charge in [-0.3, -0.25) is 28.8 Å². The molecule has 72 heavy (non-hydrogen) atoms. The first kappa shape index (κ1) is 56.1. The number of hydrogen-bond acceptors (Lipinski definition) is 13. The van der Waals surface area contributed by atoms with Crippen LogP contribution in [0.1, 0.15) is 96.2 Å². The van der Waals surface area contributed by atoms with E-state index in [2.05, 4.69) is 31.2 Å². The van der Waals surface area contributed by atoms with E-state index in [-0.39, 0.29) is 88.0 Å². The SMILES string of the molecule is CSC[C@H](NC(=O)CCC(C)C)C(=O)N1C[C@H](OCC(C)CC(=O)N[C@H](C(=O)N2C[C@H](O)C[C@H]2C(=O)NCc2ccc(-c3scnc3C)cc2)C(C)(C)C)C[C@H]1C(=O)NCc1ccc(-c2scnc2C)cc1. The van der Waals surface area contributed by atoms with Crippen molar-refractivity contribution in [1.29, 1.82) is 0 Å². The van der Waals surface area contributed by atoms with Crippen LogP contribution in [-0.2, 0) is 46.6 Å². The molecule has 19 heteroatoms. The lowest BCUT2D eigenvalue weighted by molar-refractivity contribution is -0.144. The normalized spacial score (nSPS) is 19.2. The van der Waals surface area contributed by atoms with Crippen molar-refractivity contribution in [3.8, 4) is 20.9 Å². The molecule has 4 heterocycles. The van der Waals surface area contributed by atoms with Crippen molar-refractivity contribution < 1.29 is 38.6 Å². The molecule has 0 saturated carbocycles. The number of thiazole rings is 2. The Morgan fingerprint density at radius 1 is 0.764 bits per heavy atom. The number of ether oxygens (including phenoxy) is 1. The fourth-order valence-electron chi connectivity index (χ4n) is 8.97. The largest absolute Gasteiger partial charge is 0.391 e. The first-order chi connectivity index (χ1) is 34.2. The number of aliphatic hydroxyl groups is 1. The molecule has 7 atom stereocenters. The second kappa shape index (κ2) is 25.6. The third-order valence-corrected chi connectivity index (χ3v) is 15.7. The number of likely N-dealkylation sites (tertiary alicyclic amines) is 2. The van der Waals surface area contributed by atoms with E-state index in [4.69, 9.17) is 4.74 Å². The van der Waals surface area contributed by atoms with Gasteiger partial charge in [-0.25, -0.2) is 9.97 Å². The average molecular weight is 1050 g/mol. The fourth-order valence-corrected chi connectivity index (χ4v) is 11.2. The zero-order valence-corrected chi connectivity index (χ0v) is 45.4. The number of nitrogens with one attached hydrogen (secondary N) is 4. The summed E-state index contributed by atoms with van der Waals surface area (Å²) in [5.41, 5.74) is 8.61. The number of hydrogen-bond donors (Lipinski definition) is 5. The second-order valence-electron chi connectivity index (χ2n) is 20.6. The van der Waals surface area contributed by atoms with Gasteiger partial charge in [-0.05, 0) is 66.0 Å². The van der Waals surface area contributed by atoms with Gasteiger partial charge in [-0.1, -0.05) is 90.1 Å². The molecule has 0 radical (unpaired) electrons. The Kier molecular flexibility index (Phi) is 20.0. The topological polar surface area (TPSA) is 212 Å². The quantitative estimate of drug-likeness (QED) is 0.0592. The number of nitrogens with zero attached hydrogens (tertiary/aromatic N) is 4. The summed E-state index contributed by atoms with van der Waals surface area (Å²) in [4.78, 5) is 96.7. The lowest BCUT2D eigenvalue weighted by Crippen LogP contribution is -2.57. The molecule has 2 aromatic carbocycles. The van der Waals surface area contributed by atoms with Crippen LogP contribution in [0.5, 0.6) is 0 Å². The van der Waals surface area contributed by atoms with E-state index >= 15 is 0 Å². The minimum absolute atomic E-state index is 0.00654. The molecule has 2 fully saturated rings. The molecule has 4 aromatic rings. The first-order valence-corrected chi connectivity index (χ1v) is 27.9. The smallest absolute Gasteiger partial charge is 0.246 e. The number of thioether (sulfide) groups is 1. The van der Waals surface area contributed by atoms with Crippen LogP contribution in [0.3, 0.4) is 0 Å². The van der Waals surface area contributed by atoms with Crippen LogP contribution >= 0.6 is 34.4 Å². The fraction of sp³-hybridized carbons (Fsp3) is 0.547. The highest BCUT2D eigenvalue weighted by molar-refractivity contribution is 7.98. The monoisotopic (exact) mass is 1040 g/mol. The number of benzene rings is 2. The van der Waals surface area contributed by atoms with Crippen molar-refractivity contribution in [2.75, 3.05) is 31.7 Å². The van der Waals surface area contributed by atoms with Gasteiger partial charge in [0.2, 0.25) is 35.4 Å². The summed E-state index contributed by atoms with van der Waals surface area (Å²) in [6, 6.07) is 12.1. The highest BCUT2D eigenvalue weighted by Crippen LogP contribution is 2.30. The summed E-state index contributed by atoms with van der Waals surface area (Å²) in [5.74, 6) is -1.84. The van der Waals surface area contributed by atoms with E-state index in [9.17, 15) is 33.9 Å². The zero-order chi connectivity index (χ0) is 52.3. The lowest BCUT2D eigenvalue weighted by Gasteiger charge is -2.35. The van der Waals surface area contributed by atoms with Crippen molar-refractivity contribution >= 4 is 69.9 Å². The van der Waals surface area contributed by atoms with E-state index in [0.29, 0.717) is 18.1 Å². The summed E-state index contributed by atoms with van der Waals surface area (Å²) in [5, 5.41) is 22.5. The Labute approximate surface area is 436 Å². The molecule has 16 nitrogen and oxygen atoms in total. The Morgan fingerprint density at radius 3 is 1.78 bits per heavy atom. The van der Waals surface area contributed by atoms with E-state index in [1.807, 2.05) is 116 Å². The van der Waals surface area contributed by atoms with Crippen LogP contribution in [0.4, 0.5) is 0 Å². The maximum absolute atomic E-state index is 14.3. The number of aromatic nitrogens is 2. The molecule has 390 valence electrons. The molecule has 0 spiro atoms. The number of carbonyl (C=O) groups is 6. The minimum Gasteiger partial charge on any atom is -0.391 e. The molecule has 0 aliphatic carbocycles. The Hall–Kier alpha value is -5.21. The third kappa shape index (κ3) is 15.2. The maximum atomic E-state index is 14.3. The van der Waals surface area contributed by atoms with E-state index < -0.39 is 53.6 Å². The van der Waals surface area contributed by atoms with Gasteiger partial charge >= 0.3 is 0 Å². The predicted molar refractivity (Wildman–Crippen MR) is 284 cm³/mol. The van der Waals surface area contributed by atoms with Crippen molar-refractivity contribution in [3.63, 3.8) is 0 Å². The zero-order valence-electron chi connectivity index (χ0n) is 43.0. The summed E-state index contributed by atoms with van der Waals surface area (Å²) in [7, 11) is 0. The van der Waals surface area contributed by atoms with Crippen LogP contribution in [-0.4, -0.2) is 128 Å². The average Bonchev–Trinajstić information content (AvgIpc) is 4.17. The van der Waals surface area contributed by atoms with Crippen molar-refractivity contribution in [3.05, 3.63) is 82.1 Å². The van der Waals surface area contributed by atoms with Gasteiger partial charge in [0.05, 0.1) is 51.0 Å². The van der Waals surface area contributed by atoms with Crippen molar-refractivity contribution in [2.24, 2.45) is 17.3 Å². The van der Waals surface area contributed by atoms with Crippen LogP contribution < -0.4 is 21.3 Å². The lowest BCUT2D eigenvalue weighted by atomic mass is 9.85. The second-order valence-corrected chi connectivity index (χ2v) is 23.3. The first-order valence-electron chi connectivity index (χ1n) is 24.7. The van der Waals surface area contributed by atoms with Crippen molar-refractivity contribution in [2.45, 2.75) is 137 Å². The Bertz CT molecular complexity index is 2490.